The molecule has 1 atom stereocenters. The summed E-state index contributed by atoms with van der Waals surface area (Å²) in [5, 5.41) is 7.13. The molecule has 0 aliphatic rings. The highest BCUT2D eigenvalue weighted by atomic mass is 32.2. The fourth-order valence-corrected chi connectivity index (χ4v) is 2.52. The Morgan fingerprint density at radius 2 is 1.87 bits per heavy atom. The summed E-state index contributed by atoms with van der Waals surface area (Å²) >= 11 is 0. The molecule has 1 rings (SSSR count). The quantitative estimate of drug-likeness (QED) is 0.749. The maximum Gasteiger partial charge on any atom is 0.323 e. The van der Waals surface area contributed by atoms with Crippen molar-refractivity contribution in [1.82, 2.24) is 0 Å². The maximum atomic E-state index is 11.7. The Kier molecular flexibility index (Phi) is 3.43. The summed E-state index contributed by atoms with van der Waals surface area (Å²) in [5.41, 5.74) is 5.14. The van der Waals surface area contributed by atoms with Gasteiger partial charge in [0.2, 0.25) is 0 Å². The van der Waals surface area contributed by atoms with Crippen LogP contribution in [0.25, 0.3) is 0 Å². The highest BCUT2D eigenvalue weighted by Gasteiger charge is 2.32. The molecule has 0 fully saturated rings. The second kappa shape index (κ2) is 4.41. The van der Waals surface area contributed by atoms with Gasteiger partial charge >= 0.3 is 5.97 Å². The minimum atomic E-state index is -3.87. The molecule has 0 aliphatic heterocycles. The number of benzene rings is 1. The van der Waals surface area contributed by atoms with E-state index in [0.29, 0.717) is 0 Å². The van der Waals surface area contributed by atoms with E-state index >= 15 is 0 Å². The molecule has 5 nitrogen and oxygen atoms in total. The van der Waals surface area contributed by atoms with Crippen molar-refractivity contribution in [2.75, 3.05) is 6.54 Å². The Bertz CT molecular complexity index is 440. The fraction of sp³-hybridized carbons (Fsp3) is 0.222. The number of carbonyl (C=O) groups is 1. The normalized spacial score (nSPS) is 13.4. The smallest absolute Gasteiger partial charge is 0.323 e. The molecule has 6 heteroatoms. The molecule has 0 radical (unpaired) electrons. The van der Waals surface area contributed by atoms with E-state index in [1.54, 1.807) is 6.07 Å². The predicted octanol–water partition coefficient (Wildman–Crippen LogP) is -0.128. The molecule has 82 valence electrons. The Balaban J connectivity index is 3.19. The van der Waals surface area contributed by atoms with Gasteiger partial charge in [-0.2, -0.15) is 0 Å². The van der Waals surface area contributed by atoms with Crippen LogP contribution >= 0.6 is 0 Å². The van der Waals surface area contributed by atoms with Crippen LogP contribution in [0.1, 0.15) is 0 Å². The SMILES string of the molecule is NCC(C(=O)O)S(=O)(=O)c1ccccc1. The third-order valence-electron chi connectivity index (χ3n) is 1.94. The summed E-state index contributed by atoms with van der Waals surface area (Å²) in [7, 11) is -3.87. The summed E-state index contributed by atoms with van der Waals surface area (Å²) in [5.74, 6) is -1.43. The zero-order chi connectivity index (χ0) is 11.5. The average molecular weight is 229 g/mol. The van der Waals surface area contributed by atoms with Gasteiger partial charge in [0.15, 0.2) is 15.1 Å². The van der Waals surface area contributed by atoms with Gasteiger partial charge in [-0.25, -0.2) is 8.42 Å². The molecule has 0 saturated carbocycles. The van der Waals surface area contributed by atoms with Crippen molar-refractivity contribution in [1.29, 1.82) is 0 Å². The van der Waals surface area contributed by atoms with Gasteiger partial charge in [0.1, 0.15) is 0 Å². The number of nitrogens with two attached hydrogens (primary N) is 1. The molecular weight excluding hydrogens is 218 g/mol. The second-order valence-corrected chi connectivity index (χ2v) is 5.05. The third-order valence-corrected chi connectivity index (χ3v) is 4.01. The van der Waals surface area contributed by atoms with E-state index in [2.05, 4.69) is 0 Å². The van der Waals surface area contributed by atoms with Crippen molar-refractivity contribution >= 4 is 15.8 Å². The van der Waals surface area contributed by atoms with Gasteiger partial charge in [0.05, 0.1) is 4.90 Å². The molecule has 0 aromatic heterocycles. The van der Waals surface area contributed by atoms with E-state index < -0.39 is 27.6 Å². The first-order valence-corrected chi connectivity index (χ1v) is 5.76. The van der Waals surface area contributed by atoms with Gasteiger partial charge in [-0.05, 0) is 12.1 Å². The molecule has 0 heterocycles. The number of carboxylic acids is 1. The third kappa shape index (κ3) is 2.34. The molecular formula is C9H11NO4S. The van der Waals surface area contributed by atoms with Gasteiger partial charge in [0.25, 0.3) is 0 Å². The van der Waals surface area contributed by atoms with Crippen molar-refractivity contribution in [2.45, 2.75) is 10.1 Å². The average Bonchev–Trinajstić information content (AvgIpc) is 2.19. The number of aliphatic carboxylic acids is 1. The Morgan fingerprint density at radius 3 is 2.27 bits per heavy atom. The Morgan fingerprint density at radius 1 is 1.33 bits per heavy atom. The van der Waals surface area contributed by atoms with Gasteiger partial charge in [-0.15, -0.1) is 0 Å². The van der Waals surface area contributed by atoms with Gasteiger partial charge in [-0.1, -0.05) is 18.2 Å². The molecule has 0 spiro atoms. The molecule has 1 aromatic rings. The minimum absolute atomic E-state index is 0.0251. The van der Waals surface area contributed by atoms with Crippen molar-refractivity contribution < 1.29 is 18.3 Å². The lowest BCUT2D eigenvalue weighted by Gasteiger charge is -2.10. The lowest BCUT2D eigenvalue weighted by atomic mass is 10.4. The summed E-state index contributed by atoms with van der Waals surface area (Å²) in [4.78, 5) is 10.7. The van der Waals surface area contributed by atoms with Crippen LogP contribution < -0.4 is 5.73 Å². The van der Waals surface area contributed by atoms with E-state index in [4.69, 9.17) is 10.8 Å². The molecule has 1 unspecified atom stereocenters. The fourth-order valence-electron chi connectivity index (χ4n) is 1.13. The first kappa shape index (κ1) is 11.7. The molecule has 1 aromatic carbocycles. The first-order chi connectivity index (χ1) is 7.00. The zero-order valence-corrected chi connectivity index (χ0v) is 8.65. The van der Waals surface area contributed by atoms with Crippen LogP contribution in [-0.2, 0) is 14.6 Å². The number of rotatable bonds is 4. The summed E-state index contributed by atoms with van der Waals surface area (Å²) in [6, 6.07) is 7.41. The number of hydrogen-bond donors (Lipinski definition) is 2. The Hall–Kier alpha value is -1.40. The molecule has 15 heavy (non-hydrogen) atoms. The van der Waals surface area contributed by atoms with Crippen LogP contribution in [0.3, 0.4) is 0 Å². The largest absolute Gasteiger partial charge is 0.480 e. The molecule has 0 bridgehead atoms. The first-order valence-electron chi connectivity index (χ1n) is 4.22. The lowest BCUT2D eigenvalue weighted by molar-refractivity contribution is -0.136. The Labute approximate surface area is 87.4 Å². The highest BCUT2D eigenvalue weighted by molar-refractivity contribution is 7.92. The van der Waals surface area contributed by atoms with Crippen LogP contribution in [0.15, 0.2) is 35.2 Å². The van der Waals surface area contributed by atoms with Crippen molar-refractivity contribution in [2.24, 2.45) is 5.73 Å². The van der Waals surface area contributed by atoms with Gasteiger partial charge < -0.3 is 10.8 Å². The van der Waals surface area contributed by atoms with Crippen LogP contribution in [0.2, 0.25) is 0 Å². The topological polar surface area (TPSA) is 97.5 Å². The second-order valence-electron chi connectivity index (χ2n) is 2.92. The van der Waals surface area contributed by atoms with Crippen LogP contribution in [0.5, 0.6) is 0 Å². The maximum absolute atomic E-state index is 11.7. The van der Waals surface area contributed by atoms with E-state index in [-0.39, 0.29) is 4.90 Å². The standard InChI is InChI=1S/C9H11NO4S/c10-6-8(9(11)12)15(13,14)7-4-2-1-3-5-7/h1-5,8H,6,10H2,(H,11,12). The van der Waals surface area contributed by atoms with Crippen molar-refractivity contribution in [3.8, 4) is 0 Å². The zero-order valence-electron chi connectivity index (χ0n) is 7.83. The van der Waals surface area contributed by atoms with Crippen molar-refractivity contribution in [3.63, 3.8) is 0 Å². The lowest BCUT2D eigenvalue weighted by Crippen LogP contribution is -2.37. The summed E-state index contributed by atoms with van der Waals surface area (Å²) in [6.45, 7) is -0.438. The molecule has 0 aliphatic carbocycles. The van der Waals surface area contributed by atoms with Crippen molar-refractivity contribution in [3.05, 3.63) is 30.3 Å². The highest BCUT2D eigenvalue weighted by Crippen LogP contribution is 2.15. The van der Waals surface area contributed by atoms with Crippen LogP contribution in [0.4, 0.5) is 0 Å². The van der Waals surface area contributed by atoms with Gasteiger partial charge in [-0.3, -0.25) is 4.79 Å². The monoisotopic (exact) mass is 229 g/mol. The van der Waals surface area contributed by atoms with Gasteiger partial charge in [0, 0.05) is 6.54 Å². The summed E-state index contributed by atoms with van der Waals surface area (Å²) in [6.07, 6.45) is 0. The molecule has 0 amide bonds. The van der Waals surface area contributed by atoms with E-state index in [0.717, 1.165) is 0 Å². The molecule has 3 N–H and O–H groups in total. The van der Waals surface area contributed by atoms with Crippen LogP contribution in [0, 0.1) is 0 Å². The predicted molar refractivity (Wildman–Crippen MR) is 54.1 cm³/mol. The summed E-state index contributed by atoms with van der Waals surface area (Å²) < 4.78 is 23.5. The number of sulfone groups is 1. The van der Waals surface area contributed by atoms with E-state index in [9.17, 15) is 13.2 Å². The molecule has 0 saturated heterocycles. The van der Waals surface area contributed by atoms with E-state index in [1.807, 2.05) is 0 Å². The van der Waals surface area contributed by atoms with Crippen LogP contribution in [-0.4, -0.2) is 31.3 Å². The number of carboxylic acid groups (broad SMARTS) is 1. The van der Waals surface area contributed by atoms with E-state index in [1.165, 1.54) is 24.3 Å². The minimum Gasteiger partial charge on any atom is -0.480 e. The number of hydrogen-bond acceptors (Lipinski definition) is 4.